The summed E-state index contributed by atoms with van der Waals surface area (Å²) >= 11 is 0. The molecule has 0 atom stereocenters. The molecule has 6 nitrogen and oxygen atoms in total. The molecule has 1 fully saturated rings. The lowest BCUT2D eigenvalue weighted by Gasteiger charge is -2.41. The number of aryl methyl sites for hydroxylation is 2. The van der Waals surface area contributed by atoms with Crippen molar-refractivity contribution in [3.05, 3.63) is 65.2 Å². The van der Waals surface area contributed by atoms with Crippen molar-refractivity contribution in [1.29, 1.82) is 0 Å². The Labute approximate surface area is 187 Å². The van der Waals surface area contributed by atoms with Gasteiger partial charge in [-0.05, 0) is 74.3 Å². The minimum absolute atomic E-state index is 0.00835. The molecule has 1 spiro atoms. The highest BCUT2D eigenvalue weighted by molar-refractivity contribution is 5.88. The van der Waals surface area contributed by atoms with Crippen LogP contribution in [0.25, 0.3) is 11.0 Å². The van der Waals surface area contributed by atoms with E-state index in [-0.39, 0.29) is 5.60 Å². The zero-order chi connectivity index (χ0) is 22.0. The fourth-order valence-electron chi connectivity index (χ4n) is 4.93. The first-order valence-corrected chi connectivity index (χ1v) is 11.6. The van der Waals surface area contributed by atoms with E-state index in [9.17, 15) is 4.79 Å². The number of nitrogens with one attached hydrogen (secondary N) is 2. The van der Waals surface area contributed by atoms with E-state index in [1.807, 2.05) is 42.5 Å². The van der Waals surface area contributed by atoms with Crippen molar-refractivity contribution in [3.63, 3.8) is 0 Å². The van der Waals surface area contributed by atoms with Crippen LogP contribution in [0, 0.1) is 0 Å². The molecule has 2 N–H and O–H groups in total. The van der Waals surface area contributed by atoms with Gasteiger partial charge in [0.2, 0.25) is 5.55 Å². The van der Waals surface area contributed by atoms with Gasteiger partial charge in [0.25, 0.3) is 0 Å². The minimum Gasteiger partial charge on any atom is -0.487 e. The van der Waals surface area contributed by atoms with Crippen molar-refractivity contribution in [3.8, 4) is 5.75 Å². The lowest BCUT2D eigenvalue weighted by molar-refractivity contribution is 0.0109. The Bertz CT molecular complexity index is 1190. The molecule has 0 unspecified atom stereocenters. The van der Waals surface area contributed by atoms with Gasteiger partial charge in [-0.25, -0.2) is 10.2 Å². The van der Waals surface area contributed by atoms with Crippen LogP contribution in [-0.2, 0) is 12.8 Å². The monoisotopic (exact) mass is 431 g/mol. The van der Waals surface area contributed by atoms with Gasteiger partial charge < -0.3 is 14.5 Å². The van der Waals surface area contributed by atoms with Crippen molar-refractivity contribution < 1.29 is 13.9 Å². The fraction of sp³-hybridized carbons (Fsp3) is 0.385. The largest absolute Gasteiger partial charge is 0.487 e. The van der Waals surface area contributed by atoms with Crippen LogP contribution in [0.2, 0.25) is 0 Å². The van der Waals surface area contributed by atoms with Crippen LogP contribution in [0.1, 0.15) is 56.6 Å². The fourth-order valence-corrected chi connectivity index (χ4v) is 4.93. The van der Waals surface area contributed by atoms with Gasteiger partial charge in [-0.15, -0.1) is 5.10 Å². The Morgan fingerprint density at radius 1 is 1.06 bits per heavy atom. The van der Waals surface area contributed by atoms with Crippen LogP contribution in [0.3, 0.4) is 0 Å². The van der Waals surface area contributed by atoms with Crippen LogP contribution >= 0.6 is 0 Å². The van der Waals surface area contributed by atoms with E-state index in [1.54, 1.807) is 0 Å². The third-order valence-corrected chi connectivity index (χ3v) is 6.64. The highest BCUT2D eigenvalue weighted by Crippen LogP contribution is 2.43. The molecule has 32 heavy (non-hydrogen) atoms. The average molecular weight is 432 g/mol. The molecule has 6 heteroatoms. The number of urea groups is 1. The predicted molar refractivity (Wildman–Crippen MR) is 125 cm³/mol. The van der Waals surface area contributed by atoms with Crippen molar-refractivity contribution in [2.75, 3.05) is 5.32 Å². The van der Waals surface area contributed by atoms with Crippen molar-refractivity contribution >= 4 is 22.7 Å². The summed E-state index contributed by atoms with van der Waals surface area (Å²) < 4.78 is 12.6. The molecule has 5 rings (SSSR count). The Balaban J connectivity index is 1.43. The van der Waals surface area contributed by atoms with Gasteiger partial charge in [0.1, 0.15) is 16.9 Å². The predicted octanol–water partition coefficient (Wildman–Crippen LogP) is 5.66. The number of amides is 2. The zero-order valence-electron chi connectivity index (χ0n) is 18.4. The topological polar surface area (TPSA) is 75.9 Å². The van der Waals surface area contributed by atoms with Gasteiger partial charge in [0.05, 0.1) is 0 Å². The molecule has 2 heterocycles. The van der Waals surface area contributed by atoms with Gasteiger partial charge >= 0.3 is 6.03 Å². The second kappa shape index (κ2) is 8.69. The van der Waals surface area contributed by atoms with Crippen molar-refractivity contribution in [2.45, 2.75) is 63.9 Å². The van der Waals surface area contributed by atoms with Gasteiger partial charge in [0.15, 0.2) is 0 Å². The molecule has 1 aliphatic heterocycles. The summed E-state index contributed by atoms with van der Waals surface area (Å²) in [4.78, 5) is 12.2. The Kier molecular flexibility index (Phi) is 5.60. The van der Waals surface area contributed by atoms with Crippen molar-refractivity contribution in [1.82, 2.24) is 5.43 Å². The van der Waals surface area contributed by atoms with Crippen molar-refractivity contribution in [2.24, 2.45) is 5.10 Å². The number of para-hydroxylation sites is 1. The number of carbonyl (C=O) groups is 1. The molecule has 2 aliphatic rings. The molecule has 3 aromatic rings. The van der Waals surface area contributed by atoms with E-state index < -0.39 is 6.03 Å². The van der Waals surface area contributed by atoms with E-state index in [0.29, 0.717) is 11.2 Å². The SMILES string of the molecule is CCc1c/c(=N\NC(=O)Nc2ccccc2)oc2cc3c(cc12)CCC1(CCCCC1)O3. The second-order valence-corrected chi connectivity index (χ2v) is 8.81. The number of hydrogen-bond acceptors (Lipinski definition) is 4. The standard InChI is InChI=1S/C26H29N3O3/c1-2-18-16-24(28-29-25(30)27-20-9-5-3-6-10-20)31-23-17-22-19(15-21(18)23)11-14-26(32-22)12-7-4-8-13-26/h3,5-6,9-10,15-17H,2,4,7-8,11-14H2,1H3,(H2,27,29,30)/b28-24+. The summed E-state index contributed by atoms with van der Waals surface area (Å²) in [5.41, 5.74) is 6.70. The molecule has 0 bridgehead atoms. The summed E-state index contributed by atoms with van der Waals surface area (Å²) in [6.45, 7) is 2.11. The lowest BCUT2D eigenvalue weighted by Crippen LogP contribution is -2.41. The first-order chi connectivity index (χ1) is 15.6. The van der Waals surface area contributed by atoms with Gasteiger partial charge in [-0.3, -0.25) is 0 Å². The van der Waals surface area contributed by atoms with Gasteiger partial charge in [-0.2, -0.15) is 0 Å². The number of carbonyl (C=O) groups excluding carboxylic acids is 1. The first kappa shape index (κ1) is 20.6. The number of hydrogen-bond donors (Lipinski definition) is 2. The summed E-state index contributed by atoms with van der Waals surface area (Å²) in [6.07, 6.45) is 9.05. The third-order valence-electron chi connectivity index (χ3n) is 6.64. The summed E-state index contributed by atoms with van der Waals surface area (Å²) in [6, 6.07) is 14.9. The lowest BCUT2D eigenvalue weighted by atomic mass is 9.79. The molecule has 0 radical (unpaired) electrons. The molecule has 2 amide bonds. The molecule has 0 saturated heterocycles. The molecule has 2 aromatic carbocycles. The maximum atomic E-state index is 12.2. The first-order valence-electron chi connectivity index (χ1n) is 11.6. The van der Waals surface area contributed by atoms with Gasteiger partial charge in [-0.1, -0.05) is 31.5 Å². The number of fused-ring (bicyclic) bond motifs is 2. The van der Waals surface area contributed by atoms with Crippen LogP contribution in [0.5, 0.6) is 5.75 Å². The smallest absolute Gasteiger partial charge is 0.339 e. The maximum Gasteiger partial charge on any atom is 0.339 e. The normalized spacial score (nSPS) is 17.6. The molecule has 1 aliphatic carbocycles. The van der Waals surface area contributed by atoms with Crippen LogP contribution in [-0.4, -0.2) is 11.6 Å². The number of nitrogens with zero attached hydrogens (tertiary/aromatic N) is 1. The number of benzene rings is 2. The molecule has 1 saturated carbocycles. The van der Waals surface area contributed by atoms with Crippen LogP contribution < -0.4 is 21.0 Å². The minimum atomic E-state index is -0.419. The van der Waals surface area contributed by atoms with E-state index >= 15 is 0 Å². The Hall–Kier alpha value is -3.28. The quantitative estimate of drug-likeness (QED) is 0.525. The van der Waals surface area contributed by atoms with E-state index in [1.165, 1.54) is 24.8 Å². The summed E-state index contributed by atoms with van der Waals surface area (Å²) in [5, 5.41) is 8.02. The van der Waals surface area contributed by atoms with E-state index in [4.69, 9.17) is 9.15 Å². The van der Waals surface area contributed by atoms with E-state index in [2.05, 4.69) is 28.8 Å². The average Bonchev–Trinajstić information content (AvgIpc) is 2.82. The highest BCUT2D eigenvalue weighted by Gasteiger charge is 2.37. The summed E-state index contributed by atoms with van der Waals surface area (Å²) in [7, 11) is 0. The maximum absolute atomic E-state index is 12.2. The van der Waals surface area contributed by atoms with Gasteiger partial charge in [0, 0.05) is 23.2 Å². The van der Waals surface area contributed by atoms with Crippen LogP contribution in [0.4, 0.5) is 10.5 Å². The van der Waals surface area contributed by atoms with E-state index in [0.717, 1.165) is 54.4 Å². The molecule has 166 valence electrons. The molecular formula is C26H29N3O3. The number of rotatable bonds is 3. The van der Waals surface area contributed by atoms with Crippen LogP contribution in [0.15, 0.2) is 58.0 Å². The Morgan fingerprint density at radius 2 is 1.88 bits per heavy atom. The highest BCUT2D eigenvalue weighted by atomic mass is 16.5. The summed E-state index contributed by atoms with van der Waals surface area (Å²) in [5.74, 6) is 0.934. The zero-order valence-corrected chi connectivity index (χ0v) is 18.4. The molecule has 1 aromatic heterocycles. The number of anilines is 1. The third kappa shape index (κ3) is 4.22. The molecular weight excluding hydrogens is 402 g/mol. The Morgan fingerprint density at radius 3 is 2.66 bits per heavy atom. The second-order valence-electron chi connectivity index (χ2n) is 8.81. The number of ether oxygens (including phenoxy) is 1.